The van der Waals surface area contributed by atoms with Gasteiger partial charge in [0.25, 0.3) is 10.0 Å². The normalized spacial score (nSPS) is 11.7. The molecular weight excluding hydrogens is 390 g/mol. The van der Waals surface area contributed by atoms with E-state index in [0.717, 1.165) is 4.31 Å². The molecule has 0 bridgehead atoms. The number of hydrogen-bond donors (Lipinski definition) is 0. The van der Waals surface area contributed by atoms with Crippen molar-refractivity contribution in [1.82, 2.24) is 0 Å². The van der Waals surface area contributed by atoms with Crippen LogP contribution in [-0.4, -0.2) is 33.6 Å². The molecule has 2 aromatic carbocycles. The molecule has 146 valence electrons. The highest BCUT2D eigenvalue weighted by Crippen LogP contribution is 2.34. The number of sulfonamides is 1. The van der Waals surface area contributed by atoms with Crippen molar-refractivity contribution in [1.29, 1.82) is 0 Å². The maximum Gasteiger partial charge on any atom is 0.332 e. The van der Waals surface area contributed by atoms with Crippen LogP contribution in [0.4, 0.5) is 5.69 Å². The first-order chi connectivity index (χ1) is 12.6. The van der Waals surface area contributed by atoms with E-state index in [1.54, 1.807) is 37.3 Å². The average molecular weight is 412 g/mol. The van der Waals surface area contributed by atoms with E-state index in [-0.39, 0.29) is 17.2 Å². The Balaban J connectivity index is 2.65. The molecule has 2 aromatic rings. The summed E-state index contributed by atoms with van der Waals surface area (Å²) in [6, 6.07) is 12.2. The molecule has 0 aliphatic heterocycles. The van der Waals surface area contributed by atoms with Crippen LogP contribution < -0.4 is 9.04 Å². The molecule has 0 aliphatic carbocycles. The monoisotopic (exact) mass is 411 g/mol. The van der Waals surface area contributed by atoms with Gasteiger partial charge in [0.15, 0.2) is 0 Å². The fourth-order valence-electron chi connectivity index (χ4n) is 2.61. The van der Waals surface area contributed by atoms with E-state index in [2.05, 4.69) is 0 Å². The van der Waals surface area contributed by atoms with Crippen molar-refractivity contribution in [2.75, 3.05) is 18.0 Å². The number of benzene rings is 2. The summed E-state index contributed by atoms with van der Waals surface area (Å²) in [4.78, 5) is 12.6. The molecule has 0 atom stereocenters. The van der Waals surface area contributed by atoms with Gasteiger partial charge >= 0.3 is 5.97 Å². The number of halogens is 1. The molecule has 0 aromatic heterocycles. The Bertz CT molecular complexity index is 910. The molecule has 8 heteroatoms. The standard InChI is InChI=1S/C19H22ClNO5S/c1-5-26-18(22)19(2,3)21(15-8-6-7-14(20)13-15)27(23,24)17-11-9-16(25-4)10-12-17/h6-13H,5H2,1-4H3. The topological polar surface area (TPSA) is 72.9 Å². The van der Waals surface area contributed by atoms with Crippen LogP contribution in [0.5, 0.6) is 5.75 Å². The largest absolute Gasteiger partial charge is 0.497 e. The molecule has 0 spiro atoms. The zero-order chi connectivity index (χ0) is 20.2. The number of rotatable bonds is 7. The molecule has 0 amide bonds. The molecule has 0 aliphatic rings. The molecule has 0 saturated heterocycles. The molecule has 0 heterocycles. The van der Waals surface area contributed by atoms with Gasteiger partial charge in [0.2, 0.25) is 0 Å². The summed E-state index contributed by atoms with van der Waals surface area (Å²) in [5, 5.41) is 0.349. The summed E-state index contributed by atoms with van der Waals surface area (Å²) in [7, 11) is -2.61. The smallest absolute Gasteiger partial charge is 0.332 e. The van der Waals surface area contributed by atoms with Crippen LogP contribution in [0.1, 0.15) is 20.8 Å². The highest BCUT2D eigenvalue weighted by atomic mass is 35.5. The molecule has 6 nitrogen and oxygen atoms in total. The van der Waals surface area contributed by atoms with Gasteiger partial charge in [0.1, 0.15) is 11.3 Å². The molecule has 0 fully saturated rings. The average Bonchev–Trinajstić information content (AvgIpc) is 2.61. The minimum absolute atomic E-state index is 0.0145. The third kappa shape index (κ3) is 4.36. The summed E-state index contributed by atoms with van der Waals surface area (Å²) in [5.41, 5.74) is -1.24. The minimum Gasteiger partial charge on any atom is -0.497 e. The van der Waals surface area contributed by atoms with E-state index >= 15 is 0 Å². The number of ether oxygens (including phenoxy) is 2. The Morgan fingerprint density at radius 3 is 2.30 bits per heavy atom. The summed E-state index contributed by atoms with van der Waals surface area (Å²) in [5.74, 6) is -0.144. The number of esters is 1. The zero-order valence-corrected chi connectivity index (χ0v) is 17.2. The summed E-state index contributed by atoms with van der Waals surface area (Å²) in [6.45, 7) is 4.78. The highest BCUT2D eigenvalue weighted by molar-refractivity contribution is 7.93. The van der Waals surface area contributed by atoms with Crippen molar-refractivity contribution >= 4 is 33.3 Å². The van der Waals surface area contributed by atoms with E-state index in [0.29, 0.717) is 10.8 Å². The van der Waals surface area contributed by atoms with Gasteiger partial charge in [0.05, 0.1) is 24.3 Å². The van der Waals surface area contributed by atoms with Gasteiger partial charge < -0.3 is 9.47 Å². The predicted molar refractivity (Wildman–Crippen MR) is 105 cm³/mol. The van der Waals surface area contributed by atoms with Crippen LogP contribution in [0.15, 0.2) is 53.4 Å². The second kappa shape index (κ2) is 8.19. The highest BCUT2D eigenvalue weighted by Gasteiger charge is 2.44. The zero-order valence-electron chi connectivity index (χ0n) is 15.6. The molecule has 2 rings (SSSR count). The van der Waals surface area contributed by atoms with Crippen molar-refractivity contribution in [3.63, 3.8) is 0 Å². The van der Waals surface area contributed by atoms with Crippen LogP contribution in [0.2, 0.25) is 5.02 Å². The van der Waals surface area contributed by atoms with Crippen molar-refractivity contribution in [3.8, 4) is 5.75 Å². The minimum atomic E-state index is -4.10. The first-order valence-electron chi connectivity index (χ1n) is 8.27. The number of carbonyl (C=O) groups excluding carboxylic acids is 1. The van der Waals surface area contributed by atoms with Crippen molar-refractivity contribution < 1.29 is 22.7 Å². The van der Waals surface area contributed by atoms with Crippen LogP contribution in [0, 0.1) is 0 Å². The van der Waals surface area contributed by atoms with Gasteiger partial charge in [0, 0.05) is 5.02 Å². The quantitative estimate of drug-likeness (QED) is 0.646. The summed E-state index contributed by atoms with van der Waals surface area (Å²) in [6.07, 6.45) is 0. The number of nitrogens with zero attached hydrogens (tertiary/aromatic N) is 1. The van der Waals surface area contributed by atoms with Crippen molar-refractivity contribution in [2.45, 2.75) is 31.2 Å². The van der Waals surface area contributed by atoms with Gasteiger partial charge in [-0.3, -0.25) is 0 Å². The maximum atomic E-state index is 13.4. The van der Waals surface area contributed by atoms with E-state index in [9.17, 15) is 13.2 Å². The van der Waals surface area contributed by atoms with E-state index < -0.39 is 21.5 Å². The number of hydrogen-bond acceptors (Lipinski definition) is 5. The Morgan fingerprint density at radius 2 is 1.78 bits per heavy atom. The van der Waals surface area contributed by atoms with Gasteiger partial charge in [-0.15, -0.1) is 0 Å². The number of anilines is 1. The van der Waals surface area contributed by atoms with Crippen LogP contribution >= 0.6 is 11.6 Å². The lowest BCUT2D eigenvalue weighted by Crippen LogP contribution is -2.54. The third-order valence-corrected chi connectivity index (χ3v) is 6.17. The third-order valence-electron chi connectivity index (χ3n) is 3.92. The first-order valence-corrected chi connectivity index (χ1v) is 10.1. The second-order valence-electron chi connectivity index (χ2n) is 6.20. The molecule has 0 N–H and O–H groups in total. The van der Waals surface area contributed by atoms with E-state index in [1.807, 2.05) is 0 Å². The van der Waals surface area contributed by atoms with Crippen LogP contribution in [0.3, 0.4) is 0 Å². The van der Waals surface area contributed by atoms with Crippen molar-refractivity contribution in [3.05, 3.63) is 53.6 Å². The molecular formula is C19H22ClNO5S. The Kier molecular flexibility index (Phi) is 6.38. The van der Waals surface area contributed by atoms with Gasteiger partial charge in [-0.05, 0) is 63.2 Å². The Morgan fingerprint density at radius 1 is 1.15 bits per heavy atom. The Hall–Kier alpha value is -2.25. The lowest BCUT2D eigenvalue weighted by molar-refractivity contribution is -0.147. The van der Waals surface area contributed by atoms with Crippen LogP contribution in [-0.2, 0) is 19.6 Å². The Labute approximate surface area is 164 Å². The van der Waals surface area contributed by atoms with E-state index in [1.165, 1.54) is 39.2 Å². The molecule has 0 radical (unpaired) electrons. The van der Waals surface area contributed by atoms with Gasteiger partial charge in [-0.1, -0.05) is 17.7 Å². The van der Waals surface area contributed by atoms with Gasteiger partial charge in [-0.25, -0.2) is 17.5 Å². The molecule has 0 unspecified atom stereocenters. The number of carbonyl (C=O) groups is 1. The van der Waals surface area contributed by atoms with Crippen molar-refractivity contribution in [2.24, 2.45) is 0 Å². The lowest BCUT2D eigenvalue weighted by atomic mass is 10.1. The SMILES string of the molecule is CCOC(=O)C(C)(C)N(c1cccc(Cl)c1)S(=O)(=O)c1ccc(OC)cc1. The molecule has 0 saturated carbocycles. The summed E-state index contributed by atoms with van der Waals surface area (Å²) < 4.78 is 38.1. The second-order valence-corrected chi connectivity index (χ2v) is 8.43. The maximum absolute atomic E-state index is 13.4. The lowest BCUT2D eigenvalue weighted by Gasteiger charge is -2.37. The van der Waals surface area contributed by atoms with Crippen LogP contribution in [0.25, 0.3) is 0 Å². The van der Waals surface area contributed by atoms with Gasteiger partial charge in [-0.2, -0.15) is 0 Å². The summed E-state index contributed by atoms with van der Waals surface area (Å²) >= 11 is 6.06. The molecule has 27 heavy (non-hydrogen) atoms. The van der Waals surface area contributed by atoms with E-state index in [4.69, 9.17) is 21.1 Å². The first kappa shape index (κ1) is 21.1. The number of methoxy groups -OCH3 is 1. The fraction of sp³-hybridized carbons (Fsp3) is 0.316. The predicted octanol–water partition coefficient (Wildman–Crippen LogP) is 3.89. The fourth-order valence-corrected chi connectivity index (χ4v) is 4.55.